The van der Waals surface area contributed by atoms with Crippen molar-refractivity contribution in [3.8, 4) is 5.75 Å². The molecule has 6 nitrogen and oxygen atoms in total. The Balaban J connectivity index is 1.56. The van der Waals surface area contributed by atoms with Crippen molar-refractivity contribution >= 4 is 17.3 Å². The molecule has 27 heavy (non-hydrogen) atoms. The molecular formula is C21H21N3O3. The number of hydrogen-bond donors (Lipinski definition) is 1. The lowest BCUT2D eigenvalue weighted by Crippen LogP contribution is -2.32. The molecule has 2 aromatic heterocycles. The van der Waals surface area contributed by atoms with Gasteiger partial charge in [0.1, 0.15) is 17.1 Å². The summed E-state index contributed by atoms with van der Waals surface area (Å²) in [7, 11) is 0. The van der Waals surface area contributed by atoms with Gasteiger partial charge in [0.15, 0.2) is 5.60 Å². The number of nitrogens with one attached hydrogen (secondary N) is 1. The van der Waals surface area contributed by atoms with E-state index in [1.54, 1.807) is 26.0 Å². The molecule has 1 aromatic carbocycles. The van der Waals surface area contributed by atoms with Crippen molar-refractivity contribution in [3.05, 3.63) is 64.6 Å². The fraction of sp³-hybridized carbons (Fsp3) is 0.286. The first-order valence-corrected chi connectivity index (χ1v) is 8.86. The molecular weight excluding hydrogens is 342 g/mol. The van der Waals surface area contributed by atoms with Gasteiger partial charge >= 0.3 is 0 Å². The predicted octanol–water partition coefficient (Wildman–Crippen LogP) is 3.23. The number of ketones is 1. The molecule has 0 saturated carbocycles. The third-order valence-corrected chi connectivity index (χ3v) is 4.81. The molecule has 0 saturated heterocycles. The smallest absolute Gasteiger partial charge is 0.270 e. The number of aryl methyl sites for hydroxylation is 2. The molecule has 0 bridgehead atoms. The molecule has 1 amide bonds. The van der Waals surface area contributed by atoms with Gasteiger partial charge in [0.25, 0.3) is 5.91 Å². The van der Waals surface area contributed by atoms with Crippen molar-refractivity contribution in [2.45, 2.75) is 39.8 Å². The van der Waals surface area contributed by atoms with E-state index >= 15 is 0 Å². The summed E-state index contributed by atoms with van der Waals surface area (Å²) < 4.78 is 7.48. The number of benzene rings is 1. The molecule has 4 rings (SSSR count). The normalized spacial score (nSPS) is 14.9. The Bertz CT molecular complexity index is 1100. The Hall–Kier alpha value is -3.15. The highest BCUT2D eigenvalue weighted by molar-refractivity contribution is 6.07. The minimum absolute atomic E-state index is 0.0428. The highest BCUT2D eigenvalue weighted by Crippen LogP contribution is 2.35. The van der Waals surface area contributed by atoms with Gasteiger partial charge < -0.3 is 10.1 Å². The second-order valence-electron chi connectivity index (χ2n) is 7.44. The Morgan fingerprint density at radius 2 is 2.00 bits per heavy atom. The van der Waals surface area contributed by atoms with Gasteiger partial charge in [-0.25, -0.2) is 4.98 Å². The van der Waals surface area contributed by atoms with E-state index in [1.807, 2.05) is 42.6 Å². The maximum atomic E-state index is 12.8. The number of hydrogen-bond acceptors (Lipinski definition) is 4. The third-order valence-electron chi connectivity index (χ3n) is 4.81. The van der Waals surface area contributed by atoms with Gasteiger partial charge in [0.05, 0.1) is 11.3 Å². The minimum atomic E-state index is -0.838. The number of pyridine rings is 1. The van der Waals surface area contributed by atoms with Crippen molar-refractivity contribution in [3.63, 3.8) is 0 Å². The summed E-state index contributed by atoms with van der Waals surface area (Å²) in [4.78, 5) is 29.6. The van der Waals surface area contributed by atoms with Crippen LogP contribution in [0, 0.1) is 13.8 Å². The van der Waals surface area contributed by atoms with Crippen molar-refractivity contribution in [2.24, 2.45) is 0 Å². The van der Waals surface area contributed by atoms with Gasteiger partial charge in [-0.2, -0.15) is 0 Å². The van der Waals surface area contributed by atoms with Gasteiger partial charge in [-0.05, 0) is 57.0 Å². The molecule has 138 valence electrons. The number of Topliss-reactive ketones (excluding diaryl/α,β-unsaturated/α-hetero) is 1. The van der Waals surface area contributed by atoms with Crippen LogP contribution in [0.15, 0.2) is 36.5 Å². The maximum Gasteiger partial charge on any atom is 0.270 e. The quantitative estimate of drug-likeness (QED) is 0.775. The van der Waals surface area contributed by atoms with Crippen LogP contribution in [0.3, 0.4) is 0 Å². The van der Waals surface area contributed by atoms with E-state index in [1.165, 1.54) is 0 Å². The van der Waals surface area contributed by atoms with Crippen LogP contribution in [0.1, 0.15) is 51.5 Å². The molecule has 0 spiro atoms. The van der Waals surface area contributed by atoms with E-state index in [-0.39, 0.29) is 11.7 Å². The summed E-state index contributed by atoms with van der Waals surface area (Å²) in [6.07, 6.45) is 1.90. The van der Waals surface area contributed by atoms with Crippen LogP contribution >= 0.6 is 0 Å². The van der Waals surface area contributed by atoms with Crippen LogP contribution in [0.4, 0.5) is 0 Å². The summed E-state index contributed by atoms with van der Waals surface area (Å²) >= 11 is 0. The molecule has 1 N–H and O–H groups in total. The standard InChI is InChI=1S/C21H21N3O3/c1-12-5-8-17-23-13(2)18(24(17)11-12)20(26)22-10-14-6-7-16-15(9-14)19(25)21(3,4)27-16/h5-9,11H,10H2,1-4H3,(H,22,26). The van der Waals surface area contributed by atoms with Gasteiger partial charge in [-0.3, -0.25) is 14.0 Å². The summed E-state index contributed by atoms with van der Waals surface area (Å²) in [6.45, 7) is 7.63. The average molecular weight is 363 g/mol. The number of amides is 1. The SMILES string of the molecule is Cc1ccc2nc(C)c(C(=O)NCc3ccc4c(c3)C(=O)C(C)(C)O4)n2c1. The number of carbonyl (C=O) groups is 2. The number of nitrogens with zero attached hydrogens (tertiary/aromatic N) is 2. The summed E-state index contributed by atoms with van der Waals surface area (Å²) in [6, 6.07) is 9.30. The van der Waals surface area contributed by atoms with Crippen molar-refractivity contribution in [1.82, 2.24) is 14.7 Å². The Labute approximate surface area is 157 Å². The highest BCUT2D eigenvalue weighted by atomic mass is 16.5. The topological polar surface area (TPSA) is 72.7 Å². The number of fused-ring (bicyclic) bond motifs is 2. The largest absolute Gasteiger partial charge is 0.479 e. The maximum absolute atomic E-state index is 12.8. The number of ether oxygens (including phenoxy) is 1. The van der Waals surface area contributed by atoms with Crippen LogP contribution in [0.25, 0.3) is 5.65 Å². The van der Waals surface area contributed by atoms with Crippen LogP contribution in [-0.4, -0.2) is 26.7 Å². The first-order valence-electron chi connectivity index (χ1n) is 8.86. The number of carbonyl (C=O) groups excluding carboxylic acids is 2. The van der Waals surface area contributed by atoms with E-state index in [2.05, 4.69) is 10.3 Å². The number of aromatic nitrogens is 2. The van der Waals surface area contributed by atoms with E-state index in [0.717, 1.165) is 16.8 Å². The fourth-order valence-electron chi connectivity index (χ4n) is 3.41. The van der Waals surface area contributed by atoms with E-state index in [4.69, 9.17) is 4.74 Å². The van der Waals surface area contributed by atoms with Crippen LogP contribution in [0.2, 0.25) is 0 Å². The Morgan fingerprint density at radius 1 is 1.22 bits per heavy atom. The molecule has 0 fully saturated rings. The first-order chi connectivity index (χ1) is 12.8. The average Bonchev–Trinajstić information content (AvgIpc) is 3.05. The number of imidazole rings is 1. The minimum Gasteiger partial charge on any atom is -0.479 e. The summed E-state index contributed by atoms with van der Waals surface area (Å²) in [5, 5.41) is 2.93. The summed E-state index contributed by atoms with van der Waals surface area (Å²) in [5.74, 6) is 0.348. The zero-order chi connectivity index (χ0) is 19.3. The van der Waals surface area contributed by atoms with Crippen LogP contribution < -0.4 is 10.1 Å². The molecule has 3 heterocycles. The van der Waals surface area contributed by atoms with Crippen molar-refractivity contribution in [1.29, 1.82) is 0 Å². The monoisotopic (exact) mass is 363 g/mol. The van der Waals surface area contributed by atoms with E-state index in [9.17, 15) is 9.59 Å². The lowest BCUT2D eigenvalue weighted by Gasteiger charge is -2.14. The molecule has 0 aliphatic carbocycles. The molecule has 0 radical (unpaired) electrons. The van der Waals surface area contributed by atoms with Gasteiger partial charge in [-0.15, -0.1) is 0 Å². The zero-order valence-electron chi connectivity index (χ0n) is 15.8. The lowest BCUT2D eigenvalue weighted by molar-refractivity contribution is 0.0684. The number of rotatable bonds is 3. The second-order valence-corrected chi connectivity index (χ2v) is 7.44. The van der Waals surface area contributed by atoms with Crippen LogP contribution in [0.5, 0.6) is 5.75 Å². The molecule has 6 heteroatoms. The van der Waals surface area contributed by atoms with Crippen molar-refractivity contribution in [2.75, 3.05) is 0 Å². The summed E-state index contributed by atoms with van der Waals surface area (Å²) in [5.41, 5.74) is 3.57. The first kappa shape index (κ1) is 17.3. The molecule has 3 aromatic rings. The van der Waals surface area contributed by atoms with Gasteiger partial charge in [0.2, 0.25) is 5.78 Å². The van der Waals surface area contributed by atoms with Gasteiger partial charge in [0, 0.05) is 12.7 Å². The van der Waals surface area contributed by atoms with E-state index in [0.29, 0.717) is 29.2 Å². The Kier molecular flexibility index (Phi) is 3.80. The lowest BCUT2D eigenvalue weighted by atomic mass is 9.98. The fourth-order valence-corrected chi connectivity index (χ4v) is 3.41. The zero-order valence-corrected chi connectivity index (χ0v) is 15.8. The second kappa shape index (κ2) is 5.94. The molecule has 0 unspecified atom stereocenters. The third kappa shape index (κ3) is 2.87. The predicted molar refractivity (Wildman–Crippen MR) is 101 cm³/mol. The molecule has 1 aliphatic rings. The van der Waals surface area contributed by atoms with Crippen LogP contribution in [-0.2, 0) is 6.54 Å². The van der Waals surface area contributed by atoms with Crippen molar-refractivity contribution < 1.29 is 14.3 Å². The highest BCUT2D eigenvalue weighted by Gasteiger charge is 2.39. The Morgan fingerprint density at radius 3 is 2.78 bits per heavy atom. The van der Waals surface area contributed by atoms with Gasteiger partial charge in [-0.1, -0.05) is 12.1 Å². The molecule has 1 aliphatic heterocycles. The van der Waals surface area contributed by atoms with E-state index < -0.39 is 5.60 Å². The molecule has 0 atom stereocenters.